The minimum atomic E-state index is -1.84. The molecule has 0 spiro atoms. The second-order valence-electron chi connectivity index (χ2n) is 3.26. The molecule has 0 saturated heterocycles. The van der Waals surface area contributed by atoms with Crippen LogP contribution in [0.3, 0.4) is 0 Å². The molecule has 0 amide bonds. The summed E-state index contributed by atoms with van der Waals surface area (Å²) in [6.07, 6.45) is -0.231. The first kappa shape index (κ1) is 10.5. The lowest BCUT2D eigenvalue weighted by atomic mass is 9.94. The van der Waals surface area contributed by atoms with E-state index in [1.54, 1.807) is 0 Å². The topological polar surface area (TPSA) is 138 Å². The summed E-state index contributed by atoms with van der Waals surface area (Å²) >= 11 is 0. The molecule has 7 heteroatoms. The maximum atomic E-state index is 10.7. The summed E-state index contributed by atoms with van der Waals surface area (Å²) in [5.74, 6) is -5.51. The van der Waals surface area contributed by atoms with E-state index in [4.69, 9.17) is 21.1 Å². The Labute approximate surface area is 78.1 Å². The van der Waals surface area contributed by atoms with Gasteiger partial charge >= 0.3 is 17.9 Å². The van der Waals surface area contributed by atoms with Gasteiger partial charge in [-0.2, -0.15) is 0 Å². The van der Waals surface area contributed by atoms with Crippen LogP contribution in [0.1, 0.15) is 6.42 Å². The Morgan fingerprint density at radius 3 is 2.00 bits per heavy atom. The molecule has 1 rings (SSSR count). The predicted molar refractivity (Wildman–Crippen MR) is 41.4 cm³/mol. The van der Waals surface area contributed by atoms with Crippen LogP contribution in [0.2, 0.25) is 0 Å². The van der Waals surface area contributed by atoms with E-state index in [2.05, 4.69) is 0 Å². The monoisotopic (exact) mass is 203 g/mol. The van der Waals surface area contributed by atoms with E-state index in [0.29, 0.717) is 0 Å². The molecule has 3 atom stereocenters. The second kappa shape index (κ2) is 2.95. The van der Waals surface area contributed by atoms with E-state index in [1.165, 1.54) is 0 Å². The van der Waals surface area contributed by atoms with Gasteiger partial charge in [0, 0.05) is 0 Å². The zero-order valence-electron chi connectivity index (χ0n) is 7.01. The smallest absolute Gasteiger partial charge is 0.321 e. The van der Waals surface area contributed by atoms with E-state index in [9.17, 15) is 14.4 Å². The maximum absolute atomic E-state index is 10.7. The second-order valence-corrected chi connectivity index (χ2v) is 3.26. The Morgan fingerprint density at radius 2 is 1.79 bits per heavy atom. The molecule has 0 aromatic rings. The van der Waals surface area contributed by atoms with Crippen LogP contribution in [0.25, 0.3) is 0 Å². The summed E-state index contributed by atoms with van der Waals surface area (Å²) in [5.41, 5.74) is 3.31. The molecule has 1 saturated carbocycles. The quantitative estimate of drug-likeness (QED) is 0.439. The number of nitrogens with two attached hydrogens (primary N) is 1. The average molecular weight is 203 g/mol. The van der Waals surface area contributed by atoms with Gasteiger partial charge in [0.1, 0.15) is 11.5 Å². The van der Waals surface area contributed by atoms with Gasteiger partial charge in [0.05, 0.1) is 5.92 Å². The number of rotatable bonds is 4. The van der Waals surface area contributed by atoms with Gasteiger partial charge < -0.3 is 21.1 Å². The molecule has 14 heavy (non-hydrogen) atoms. The molecular weight excluding hydrogens is 194 g/mol. The Hall–Kier alpha value is -1.63. The van der Waals surface area contributed by atoms with Crippen molar-refractivity contribution in [3.05, 3.63) is 0 Å². The SMILES string of the molecule is N[C@H](C(=O)O)[C@]1(C(=O)O)C[C@@H]1C(=O)O. The Morgan fingerprint density at radius 1 is 1.29 bits per heavy atom. The first-order valence-corrected chi connectivity index (χ1v) is 3.78. The molecular formula is C7H9NO6. The average Bonchev–Trinajstić information content (AvgIpc) is 2.78. The third-order valence-corrected chi connectivity index (χ3v) is 2.52. The van der Waals surface area contributed by atoms with Crippen LogP contribution < -0.4 is 5.73 Å². The lowest BCUT2D eigenvalue weighted by Gasteiger charge is -2.15. The summed E-state index contributed by atoms with van der Waals surface area (Å²) < 4.78 is 0. The highest BCUT2D eigenvalue weighted by atomic mass is 16.4. The molecule has 78 valence electrons. The van der Waals surface area contributed by atoms with Crippen molar-refractivity contribution in [1.82, 2.24) is 0 Å². The van der Waals surface area contributed by atoms with E-state index in [0.717, 1.165) is 0 Å². The molecule has 7 nitrogen and oxygen atoms in total. The van der Waals surface area contributed by atoms with Gasteiger partial charge in [-0.25, -0.2) is 0 Å². The van der Waals surface area contributed by atoms with Crippen molar-refractivity contribution in [1.29, 1.82) is 0 Å². The maximum Gasteiger partial charge on any atom is 0.321 e. The Balaban J connectivity index is 2.94. The van der Waals surface area contributed by atoms with Crippen LogP contribution >= 0.6 is 0 Å². The fourth-order valence-electron chi connectivity index (χ4n) is 1.52. The van der Waals surface area contributed by atoms with E-state index < -0.39 is 35.3 Å². The minimum Gasteiger partial charge on any atom is -0.481 e. The molecule has 0 heterocycles. The van der Waals surface area contributed by atoms with Crippen molar-refractivity contribution >= 4 is 17.9 Å². The molecule has 0 radical (unpaired) electrons. The van der Waals surface area contributed by atoms with Gasteiger partial charge in [-0.1, -0.05) is 0 Å². The lowest BCUT2D eigenvalue weighted by molar-refractivity contribution is -0.155. The molecule has 1 fully saturated rings. The fraction of sp³-hybridized carbons (Fsp3) is 0.571. The van der Waals surface area contributed by atoms with Gasteiger partial charge in [-0.15, -0.1) is 0 Å². The van der Waals surface area contributed by atoms with Crippen LogP contribution in [0.4, 0.5) is 0 Å². The van der Waals surface area contributed by atoms with Crippen molar-refractivity contribution in [2.45, 2.75) is 12.5 Å². The Kier molecular flexibility index (Phi) is 2.20. The first-order valence-electron chi connectivity index (χ1n) is 3.78. The molecule has 1 aliphatic carbocycles. The van der Waals surface area contributed by atoms with Crippen LogP contribution in [-0.4, -0.2) is 39.3 Å². The summed E-state index contributed by atoms with van der Waals surface area (Å²) in [4.78, 5) is 31.7. The highest BCUT2D eigenvalue weighted by molar-refractivity contribution is 5.95. The fourth-order valence-corrected chi connectivity index (χ4v) is 1.52. The normalized spacial score (nSPS) is 31.9. The predicted octanol–water partition coefficient (Wildman–Crippen LogP) is -1.43. The van der Waals surface area contributed by atoms with Crippen molar-refractivity contribution in [3.8, 4) is 0 Å². The molecule has 0 unspecified atom stereocenters. The highest BCUT2D eigenvalue weighted by Crippen LogP contribution is 2.55. The molecule has 5 N–H and O–H groups in total. The Bertz CT molecular complexity index is 313. The number of carboxylic acid groups (broad SMARTS) is 3. The molecule has 1 aliphatic rings. The highest BCUT2D eigenvalue weighted by Gasteiger charge is 2.69. The minimum absolute atomic E-state index is 0.231. The molecule has 0 aliphatic heterocycles. The summed E-state index contributed by atoms with van der Waals surface area (Å²) in [5, 5.41) is 25.8. The van der Waals surface area contributed by atoms with Gasteiger partial charge in [0.2, 0.25) is 0 Å². The van der Waals surface area contributed by atoms with E-state index >= 15 is 0 Å². The standard InChI is InChI=1S/C7H9NO6/c8-3(5(11)12)7(6(13)14)1-2(7)4(9)10/h2-3H,1,8H2,(H,9,10)(H,11,12)(H,13,14)/t2-,3-,7+/m1/s1. The van der Waals surface area contributed by atoms with Gasteiger partial charge in [0.15, 0.2) is 0 Å². The number of aliphatic carboxylic acids is 3. The van der Waals surface area contributed by atoms with Gasteiger partial charge in [0.25, 0.3) is 0 Å². The van der Waals surface area contributed by atoms with E-state index in [-0.39, 0.29) is 6.42 Å². The number of carboxylic acids is 3. The zero-order chi connectivity index (χ0) is 11.1. The van der Waals surface area contributed by atoms with Crippen molar-refractivity contribution in [2.75, 3.05) is 0 Å². The molecule has 0 aromatic carbocycles. The number of carbonyl (C=O) groups is 3. The molecule has 0 aromatic heterocycles. The van der Waals surface area contributed by atoms with Crippen molar-refractivity contribution in [2.24, 2.45) is 17.1 Å². The number of hydrogen-bond acceptors (Lipinski definition) is 4. The zero-order valence-corrected chi connectivity index (χ0v) is 7.01. The molecule has 0 bridgehead atoms. The van der Waals surface area contributed by atoms with Gasteiger partial charge in [-0.3, -0.25) is 14.4 Å². The number of hydrogen-bond donors (Lipinski definition) is 4. The third-order valence-electron chi connectivity index (χ3n) is 2.52. The van der Waals surface area contributed by atoms with Crippen molar-refractivity contribution < 1.29 is 29.7 Å². The first-order chi connectivity index (χ1) is 6.34. The van der Waals surface area contributed by atoms with Crippen LogP contribution in [-0.2, 0) is 14.4 Å². The van der Waals surface area contributed by atoms with Crippen LogP contribution in [0.5, 0.6) is 0 Å². The van der Waals surface area contributed by atoms with Crippen molar-refractivity contribution in [3.63, 3.8) is 0 Å². The largest absolute Gasteiger partial charge is 0.481 e. The summed E-state index contributed by atoms with van der Waals surface area (Å²) in [6.45, 7) is 0. The van der Waals surface area contributed by atoms with Gasteiger partial charge in [-0.05, 0) is 6.42 Å². The van der Waals surface area contributed by atoms with Crippen LogP contribution in [0.15, 0.2) is 0 Å². The third kappa shape index (κ3) is 1.22. The van der Waals surface area contributed by atoms with Crippen LogP contribution in [0, 0.1) is 11.3 Å². The lowest BCUT2D eigenvalue weighted by Crippen LogP contribution is -2.45. The summed E-state index contributed by atoms with van der Waals surface area (Å²) in [7, 11) is 0. The summed E-state index contributed by atoms with van der Waals surface area (Å²) in [6, 6.07) is -1.68. The van der Waals surface area contributed by atoms with E-state index in [1.807, 2.05) is 0 Å².